The van der Waals surface area contributed by atoms with Gasteiger partial charge in [-0.25, -0.2) is 0 Å². The third-order valence-electron chi connectivity index (χ3n) is 4.65. The lowest BCUT2D eigenvalue weighted by atomic mass is 10.1. The standard InChI is InChI=1S/C24H17ClINO3S2/c1-29-20-12-16(11-19(26)22(20)30-14-15-7-9-17(25)10-8-15)13-21-23(28)27(24(31)32-21)18-5-3-2-4-6-18/h2-13H,14H2,1H3/b21-13-. The first kappa shape index (κ1) is 23.1. The summed E-state index contributed by atoms with van der Waals surface area (Å²) in [7, 11) is 1.60. The molecule has 4 rings (SSSR count). The molecule has 0 aliphatic carbocycles. The van der Waals surface area contributed by atoms with Crippen LogP contribution in [-0.4, -0.2) is 17.3 Å². The van der Waals surface area contributed by atoms with Crippen molar-refractivity contribution in [2.45, 2.75) is 6.61 Å². The lowest BCUT2D eigenvalue weighted by molar-refractivity contribution is -0.113. The van der Waals surface area contributed by atoms with Gasteiger partial charge in [0, 0.05) is 5.02 Å². The van der Waals surface area contributed by atoms with Crippen molar-refractivity contribution >= 4 is 80.2 Å². The third kappa shape index (κ3) is 5.11. The van der Waals surface area contributed by atoms with Crippen molar-refractivity contribution in [3.63, 3.8) is 0 Å². The van der Waals surface area contributed by atoms with Gasteiger partial charge >= 0.3 is 0 Å². The predicted octanol–water partition coefficient (Wildman–Crippen LogP) is 6.94. The molecular weight excluding hydrogens is 577 g/mol. The highest BCUT2D eigenvalue weighted by Gasteiger charge is 2.33. The number of benzene rings is 3. The number of thioether (sulfide) groups is 1. The molecule has 0 atom stereocenters. The first-order valence-corrected chi connectivity index (χ1v) is 12.2. The van der Waals surface area contributed by atoms with Crippen LogP contribution in [0.2, 0.25) is 5.02 Å². The molecule has 1 amide bonds. The molecule has 1 aliphatic heterocycles. The number of anilines is 1. The summed E-state index contributed by atoms with van der Waals surface area (Å²) in [5, 5.41) is 0.683. The maximum atomic E-state index is 13.0. The molecule has 8 heteroatoms. The molecule has 0 aromatic heterocycles. The second-order valence-electron chi connectivity index (χ2n) is 6.80. The van der Waals surface area contributed by atoms with E-state index >= 15 is 0 Å². The van der Waals surface area contributed by atoms with E-state index in [9.17, 15) is 4.79 Å². The molecule has 1 heterocycles. The van der Waals surface area contributed by atoms with E-state index < -0.39 is 0 Å². The topological polar surface area (TPSA) is 38.8 Å². The number of rotatable bonds is 6. The molecule has 0 N–H and O–H groups in total. The van der Waals surface area contributed by atoms with Crippen LogP contribution in [0.1, 0.15) is 11.1 Å². The van der Waals surface area contributed by atoms with E-state index in [0.29, 0.717) is 32.4 Å². The van der Waals surface area contributed by atoms with Crippen molar-refractivity contribution in [1.82, 2.24) is 0 Å². The van der Waals surface area contributed by atoms with Crippen LogP contribution in [0.25, 0.3) is 6.08 Å². The van der Waals surface area contributed by atoms with Crippen molar-refractivity contribution in [2.24, 2.45) is 0 Å². The highest BCUT2D eigenvalue weighted by Crippen LogP contribution is 2.39. The van der Waals surface area contributed by atoms with Gasteiger partial charge in [0.1, 0.15) is 6.61 Å². The van der Waals surface area contributed by atoms with Gasteiger partial charge in [0.05, 0.1) is 21.3 Å². The largest absolute Gasteiger partial charge is 0.493 e. The number of nitrogens with zero attached hydrogens (tertiary/aromatic N) is 1. The minimum Gasteiger partial charge on any atom is -0.493 e. The second kappa shape index (κ2) is 10.2. The highest BCUT2D eigenvalue weighted by atomic mass is 127. The summed E-state index contributed by atoms with van der Waals surface area (Å²) >= 11 is 14.9. The minimum absolute atomic E-state index is 0.136. The van der Waals surface area contributed by atoms with Crippen LogP contribution in [0.5, 0.6) is 11.5 Å². The van der Waals surface area contributed by atoms with Crippen molar-refractivity contribution in [3.8, 4) is 11.5 Å². The van der Waals surface area contributed by atoms with Crippen LogP contribution < -0.4 is 14.4 Å². The van der Waals surface area contributed by atoms with Crippen LogP contribution >= 0.6 is 58.2 Å². The van der Waals surface area contributed by atoms with Crippen molar-refractivity contribution < 1.29 is 14.3 Å². The zero-order chi connectivity index (χ0) is 22.7. The van der Waals surface area contributed by atoms with E-state index in [4.69, 9.17) is 33.3 Å². The third-order valence-corrected chi connectivity index (χ3v) is 7.01. The van der Waals surface area contributed by atoms with Gasteiger partial charge in [0.2, 0.25) is 0 Å². The Kier molecular flexibility index (Phi) is 7.40. The molecule has 4 nitrogen and oxygen atoms in total. The Hall–Kier alpha value is -2.07. The number of carbonyl (C=O) groups excluding carboxylic acids is 1. The van der Waals surface area contributed by atoms with Crippen LogP contribution in [0.15, 0.2) is 71.6 Å². The Morgan fingerprint density at radius 3 is 2.53 bits per heavy atom. The van der Waals surface area contributed by atoms with Crippen LogP contribution in [0.3, 0.4) is 0 Å². The van der Waals surface area contributed by atoms with Crippen LogP contribution in [0, 0.1) is 3.57 Å². The molecule has 32 heavy (non-hydrogen) atoms. The van der Waals surface area contributed by atoms with E-state index in [1.165, 1.54) is 11.8 Å². The van der Waals surface area contributed by atoms with Crippen molar-refractivity contribution in [2.75, 3.05) is 12.0 Å². The van der Waals surface area contributed by atoms with E-state index in [0.717, 1.165) is 20.4 Å². The Balaban J connectivity index is 1.57. The zero-order valence-corrected chi connectivity index (χ0v) is 21.4. The summed E-state index contributed by atoms with van der Waals surface area (Å²) in [5.74, 6) is 1.11. The fourth-order valence-corrected chi connectivity index (χ4v) is 5.32. The Labute approximate surface area is 214 Å². The van der Waals surface area contributed by atoms with Crippen molar-refractivity contribution in [1.29, 1.82) is 0 Å². The molecule has 162 valence electrons. The zero-order valence-electron chi connectivity index (χ0n) is 16.9. The summed E-state index contributed by atoms with van der Waals surface area (Å²) in [6.07, 6.45) is 1.83. The average Bonchev–Trinajstić information content (AvgIpc) is 3.07. The molecule has 1 aliphatic rings. The number of carbonyl (C=O) groups is 1. The van der Waals surface area contributed by atoms with Gasteiger partial charge in [-0.1, -0.05) is 65.9 Å². The quantitative estimate of drug-likeness (QED) is 0.176. The average molecular weight is 594 g/mol. The summed E-state index contributed by atoms with van der Waals surface area (Å²) in [4.78, 5) is 15.1. The van der Waals surface area contributed by atoms with Crippen molar-refractivity contribution in [3.05, 3.63) is 91.4 Å². The number of hydrogen-bond donors (Lipinski definition) is 0. The smallest absolute Gasteiger partial charge is 0.270 e. The normalized spacial score (nSPS) is 14.8. The number of para-hydroxylation sites is 1. The lowest BCUT2D eigenvalue weighted by Crippen LogP contribution is -2.27. The molecule has 0 unspecified atom stereocenters. The number of amides is 1. The Bertz CT molecular complexity index is 1200. The molecule has 0 saturated carbocycles. The summed E-state index contributed by atoms with van der Waals surface area (Å²) in [5.41, 5.74) is 2.59. The van der Waals surface area contributed by atoms with E-state index in [1.54, 1.807) is 12.0 Å². The van der Waals surface area contributed by atoms with Gasteiger partial charge in [-0.05, 0) is 76.2 Å². The number of ether oxygens (including phenoxy) is 2. The molecule has 0 spiro atoms. The minimum atomic E-state index is -0.136. The van der Waals surface area contributed by atoms with Crippen LogP contribution in [-0.2, 0) is 11.4 Å². The number of thiocarbonyl (C=S) groups is 1. The SMILES string of the molecule is COc1cc(/C=C2\SC(=S)N(c3ccccc3)C2=O)cc(I)c1OCc1ccc(Cl)cc1. The molecule has 3 aromatic rings. The maximum Gasteiger partial charge on any atom is 0.270 e. The summed E-state index contributed by atoms with van der Waals surface area (Å²) in [6, 6.07) is 20.7. The first-order chi connectivity index (χ1) is 15.5. The maximum absolute atomic E-state index is 13.0. The summed E-state index contributed by atoms with van der Waals surface area (Å²) < 4.78 is 13.0. The number of hydrogen-bond acceptors (Lipinski definition) is 5. The fraction of sp³-hybridized carbons (Fsp3) is 0.0833. The molecular formula is C24H17ClINO3S2. The molecule has 1 fully saturated rings. The molecule has 3 aromatic carbocycles. The van der Waals surface area contributed by atoms with Gasteiger partial charge < -0.3 is 9.47 Å². The fourth-order valence-electron chi connectivity index (χ4n) is 3.12. The second-order valence-corrected chi connectivity index (χ2v) is 10.1. The van der Waals surface area contributed by atoms with Gasteiger partial charge in [-0.15, -0.1) is 0 Å². The molecule has 0 bridgehead atoms. The van der Waals surface area contributed by atoms with Gasteiger partial charge in [-0.2, -0.15) is 0 Å². The summed E-state index contributed by atoms with van der Waals surface area (Å²) in [6.45, 7) is 0.388. The highest BCUT2D eigenvalue weighted by molar-refractivity contribution is 14.1. The Morgan fingerprint density at radius 1 is 1.12 bits per heavy atom. The molecule has 0 radical (unpaired) electrons. The van der Waals surface area contributed by atoms with E-state index in [-0.39, 0.29) is 5.91 Å². The van der Waals surface area contributed by atoms with Crippen LogP contribution in [0.4, 0.5) is 5.69 Å². The van der Waals surface area contributed by atoms with E-state index in [2.05, 4.69) is 22.6 Å². The lowest BCUT2D eigenvalue weighted by Gasteiger charge is -2.14. The Morgan fingerprint density at radius 2 is 1.84 bits per heavy atom. The monoisotopic (exact) mass is 593 g/mol. The van der Waals surface area contributed by atoms with Gasteiger partial charge in [0.15, 0.2) is 15.8 Å². The first-order valence-electron chi connectivity index (χ1n) is 9.54. The van der Waals surface area contributed by atoms with Gasteiger partial charge in [-0.3, -0.25) is 9.69 Å². The van der Waals surface area contributed by atoms with Gasteiger partial charge in [0.25, 0.3) is 5.91 Å². The number of halogens is 2. The predicted molar refractivity (Wildman–Crippen MR) is 144 cm³/mol. The number of methoxy groups -OCH3 is 1. The molecule has 1 saturated heterocycles. The van der Waals surface area contributed by atoms with E-state index in [1.807, 2.05) is 72.8 Å².